The number of fused-ring (bicyclic) bond motifs is 5. The maximum Gasteiger partial charge on any atom is 0.343 e. The lowest BCUT2D eigenvalue weighted by molar-refractivity contribution is -0.172. The Hall–Kier alpha value is -4.08. The number of carbonyl (C=O) groups is 2. The summed E-state index contributed by atoms with van der Waals surface area (Å²) in [5, 5.41) is 12.3. The van der Waals surface area contributed by atoms with Gasteiger partial charge in [0.05, 0.1) is 41.2 Å². The van der Waals surface area contributed by atoms with E-state index in [0.29, 0.717) is 35.5 Å². The molecule has 4 heterocycles. The molecule has 1 N–H and O–H groups in total. The summed E-state index contributed by atoms with van der Waals surface area (Å²) in [6.45, 7) is 7.08. The average Bonchev–Trinajstić information content (AvgIpc) is 3.38. The Labute approximate surface area is 251 Å². The zero-order chi connectivity index (χ0) is 30.4. The van der Waals surface area contributed by atoms with Crippen molar-refractivity contribution in [1.29, 1.82) is 0 Å². The molecule has 43 heavy (non-hydrogen) atoms. The first-order valence-electron chi connectivity index (χ1n) is 14.9. The Bertz CT molecular complexity index is 1800. The van der Waals surface area contributed by atoms with Crippen molar-refractivity contribution in [2.24, 2.45) is 0 Å². The van der Waals surface area contributed by atoms with Crippen LogP contribution in [0.4, 0.5) is 0 Å². The van der Waals surface area contributed by atoms with Gasteiger partial charge in [-0.1, -0.05) is 68.5 Å². The third kappa shape index (κ3) is 5.21. The number of aromatic nitrogens is 2. The highest BCUT2D eigenvalue weighted by Crippen LogP contribution is 2.41. The molecule has 0 bridgehead atoms. The van der Waals surface area contributed by atoms with Crippen LogP contribution in [0.5, 0.6) is 0 Å². The SMILES string of the molecule is CCC1(O)C(=O)OCc2c1cc1n(c2=O)Cc2c-1nc1ccccc1c2CC[Si](C)(C)CCCOC(=O)c1ccccc1. The Morgan fingerprint density at radius 2 is 1.81 bits per heavy atom. The van der Waals surface area contributed by atoms with Gasteiger partial charge in [0.25, 0.3) is 5.56 Å². The van der Waals surface area contributed by atoms with Gasteiger partial charge in [0.2, 0.25) is 0 Å². The van der Waals surface area contributed by atoms with Gasteiger partial charge < -0.3 is 19.1 Å². The van der Waals surface area contributed by atoms with E-state index in [4.69, 9.17) is 14.5 Å². The van der Waals surface area contributed by atoms with Gasteiger partial charge in [-0.05, 0) is 49.1 Å². The number of pyridine rings is 2. The highest BCUT2D eigenvalue weighted by molar-refractivity contribution is 6.77. The second kappa shape index (κ2) is 11.2. The van der Waals surface area contributed by atoms with E-state index in [9.17, 15) is 19.5 Å². The smallest absolute Gasteiger partial charge is 0.343 e. The largest absolute Gasteiger partial charge is 0.462 e. The third-order valence-corrected chi connectivity index (χ3v) is 12.3. The first-order valence-corrected chi connectivity index (χ1v) is 18.3. The second-order valence-electron chi connectivity index (χ2n) is 12.3. The fraction of sp³-hybridized carbons (Fsp3) is 0.353. The van der Waals surface area contributed by atoms with Crippen LogP contribution in [0.1, 0.15) is 52.4 Å². The molecule has 2 aliphatic rings. The first kappa shape index (κ1) is 29.0. The molecule has 2 aromatic heterocycles. The van der Waals surface area contributed by atoms with Crippen LogP contribution in [0.3, 0.4) is 0 Å². The van der Waals surface area contributed by atoms with Gasteiger partial charge in [0.1, 0.15) is 6.61 Å². The molecule has 222 valence electrons. The Balaban J connectivity index is 1.26. The van der Waals surface area contributed by atoms with E-state index in [0.717, 1.165) is 47.1 Å². The first-order chi connectivity index (χ1) is 20.6. The van der Waals surface area contributed by atoms with Crippen LogP contribution in [-0.4, -0.2) is 41.3 Å². The van der Waals surface area contributed by atoms with Gasteiger partial charge >= 0.3 is 11.9 Å². The highest BCUT2D eigenvalue weighted by Gasteiger charge is 2.45. The van der Waals surface area contributed by atoms with E-state index in [1.165, 1.54) is 5.56 Å². The van der Waals surface area contributed by atoms with Crippen LogP contribution >= 0.6 is 0 Å². The Morgan fingerprint density at radius 3 is 2.58 bits per heavy atom. The molecule has 1 atom stereocenters. The van der Waals surface area contributed by atoms with E-state index in [-0.39, 0.29) is 24.6 Å². The lowest BCUT2D eigenvalue weighted by atomic mass is 9.86. The summed E-state index contributed by atoms with van der Waals surface area (Å²) >= 11 is 0. The summed E-state index contributed by atoms with van der Waals surface area (Å²) in [6.07, 6.45) is 1.77. The van der Waals surface area contributed by atoms with Crippen LogP contribution in [-0.2, 0) is 39.4 Å². The minimum Gasteiger partial charge on any atom is -0.462 e. The minimum absolute atomic E-state index is 0.107. The van der Waals surface area contributed by atoms with Gasteiger partial charge in [0, 0.05) is 24.6 Å². The van der Waals surface area contributed by atoms with Crippen molar-refractivity contribution in [1.82, 2.24) is 9.55 Å². The zero-order valence-electron chi connectivity index (χ0n) is 24.8. The van der Waals surface area contributed by atoms with Crippen LogP contribution in [0, 0.1) is 0 Å². The number of benzene rings is 2. The number of para-hydroxylation sites is 1. The molecule has 9 heteroatoms. The van der Waals surface area contributed by atoms with Crippen molar-refractivity contribution >= 4 is 30.9 Å². The number of ether oxygens (including phenoxy) is 2. The number of nitrogens with zero attached hydrogens (tertiary/aromatic N) is 2. The number of esters is 2. The van der Waals surface area contributed by atoms with E-state index >= 15 is 0 Å². The minimum atomic E-state index is -1.85. The molecule has 0 amide bonds. The molecule has 1 unspecified atom stereocenters. The van der Waals surface area contributed by atoms with Crippen molar-refractivity contribution in [3.8, 4) is 11.4 Å². The zero-order valence-corrected chi connectivity index (χ0v) is 25.8. The van der Waals surface area contributed by atoms with Crippen molar-refractivity contribution in [2.45, 2.75) is 70.1 Å². The number of hydrogen-bond donors (Lipinski definition) is 1. The third-order valence-electron chi connectivity index (χ3n) is 9.01. The standard InChI is InChI=1S/C34H36N2O6Si/c1-4-34(40)27-19-29-30-25(20-36(29)31(37)26(27)21-42-33(34)39)23(24-13-8-9-14-28(24)35-30)15-18-43(2,3)17-10-16-41-32(38)22-11-6-5-7-12-22/h5-9,11-14,19,40H,4,10,15-18,20-21H2,1-3H3. The van der Waals surface area contributed by atoms with Gasteiger partial charge in [-0.2, -0.15) is 0 Å². The van der Waals surface area contributed by atoms with Gasteiger partial charge in [-0.3, -0.25) is 4.79 Å². The summed E-state index contributed by atoms with van der Waals surface area (Å²) < 4.78 is 12.5. The Morgan fingerprint density at radius 1 is 1.07 bits per heavy atom. The van der Waals surface area contributed by atoms with Crippen LogP contribution in [0.25, 0.3) is 22.3 Å². The van der Waals surface area contributed by atoms with Gasteiger partial charge in [-0.15, -0.1) is 0 Å². The van der Waals surface area contributed by atoms with Gasteiger partial charge in [-0.25, -0.2) is 14.6 Å². The molecule has 0 spiro atoms. The fourth-order valence-corrected chi connectivity index (χ4v) is 8.64. The van der Waals surface area contributed by atoms with Gasteiger partial charge in [0.15, 0.2) is 5.60 Å². The summed E-state index contributed by atoms with van der Waals surface area (Å²) in [5.74, 6) is -1.01. The molecule has 0 fully saturated rings. The monoisotopic (exact) mass is 596 g/mol. The molecule has 4 aromatic rings. The maximum atomic E-state index is 13.7. The molecule has 0 saturated heterocycles. The second-order valence-corrected chi connectivity index (χ2v) is 17.6. The van der Waals surface area contributed by atoms with Crippen molar-refractivity contribution in [2.75, 3.05) is 6.61 Å². The molecule has 0 aliphatic carbocycles. The summed E-state index contributed by atoms with van der Waals surface area (Å²) in [6, 6.07) is 20.9. The maximum absolute atomic E-state index is 13.7. The van der Waals surface area contributed by atoms with Crippen molar-refractivity contribution in [3.05, 3.63) is 98.8 Å². The lowest BCUT2D eigenvalue weighted by Crippen LogP contribution is -2.44. The molecule has 2 aromatic carbocycles. The molecule has 0 radical (unpaired) electrons. The number of hydrogen-bond acceptors (Lipinski definition) is 7. The lowest BCUT2D eigenvalue weighted by Gasteiger charge is -2.31. The Kier molecular flexibility index (Phi) is 7.56. The number of cyclic esters (lactones) is 1. The summed E-state index contributed by atoms with van der Waals surface area (Å²) in [5.41, 5.74) is 3.55. The normalized spacial score (nSPS) is 17.3. The van der Waals surface area contributed by atoms with E-state index in [2.05, 4.69) is 19.2 Å². The highest BCUT2D eigenvalue weighted by atomic mass is 28.3. The molecule has 8 nitrogen and oxygen atoms in total. The molecular weight excluding hydrogens is 560 g/mol. The number of carbonyl (C=O) groups excluding carboxylic acids is 2. The van der Waals surface area contributed by atoms with E-state index < -0.39 is 19.6 Å². The number of aliphatic hydroxyl groups is 1. The predicted octanol–water partition coefficient (Wildman–Crippen LogP) is 5.58. The van der Waals surface area contributed by atoms with Crippen molar-refractivity contribution in [3.63, 3.8) is 0 Å². The predicted molar refractivity (Wildman–Crippen MR) is 167 cm³/mol. The topological polar surface area (TPSA) is 108 Å². The van der Waals surface area contributed by atoms with Crippen molar-refractivity contribution < 1.29 is 24.2 Å². The summed E-state index contributed by atoms with van der Waals surface area (Å²) in [7, 11) is -1.67. The number of rotatable bonds is 9. The van der Waals surface area contributed by atoms with Crippen LogP contribution < -0.4 is 5.56 Å². The molecule has 2 aliphatic heterocycles. The molecule has 6 rings (SSSR count). The molecule has 0 saturated carbocycles. The summed E-state index contributed by atoms with van der Waals surface area (Å²) in [4.78, 5) is 43.5. The molecular formula is C34H36N2O6Si. The van der Waals surface area contributed by atoms with E-state index in [1.54, 1.807) is 29.7 Å². The average molecular weight is 597 g/mol. The van der Waals surface area contributed by atoms with Crippen LogP contribution in [0.2, 0.25) is 25.2 Å². The fourth-order valence-electron chi connectivity index (χ4n) is 6.36. The number of aryl methyl sites for hydroxylation is 1. The quantitative estimate of drug-likeness (QED) is 0.135. The van der Waals surface area contributed by atoms with E-state index in [1.807, 2.05) is 36.4 Å². The van der Waals surface area contributed by atoms with Crippen LogP contribution in [0.15, 0.2) is 65.5 Å².